The molecule has 0 saturated heterocycles. The van der Waals surface area contributed by atoms with Gasteiger partial charge in [-0.15, -0.1) is 0 Å². The largest absolute Gasteiger partial charge is 0.358 e. The quantitative estimate of drug-likeness (QED) is 0.331. The topological polar surface area (TPSA) is 140 Å². The van der Waals surface area contributed by atoms with Crippen molar-refractivity contribution < 1.29 is 34.2 Å². The van der Waals surface area contributed by atoms with Gasteiger partial charge in [-0.05, 0) is 13.3 Å². The normalized spacial score (nSPS) is 25.9. The summed E-state index contributed by atoms with van der Waals surface area (Å²) in [4.78, 5) is 29.0. The van der Waals surface area contributed by atoms with Gasteiger partial charge in [0, 0.05) is 11.8 Å². The zero-order chi connectivity index (χ0) is 14.8. The fourth-order valence-electron chi connectivity index (χ4n) is 1.59. The van der Waals surface area contributed by atoms with Gasteiger partial charge in [0.05, 0.1) is 0 Å². The first-order valence-electron chi connectivity index (χ1n) is 5.48. The molecule has 0 aromatic heterocycles. The molecule has 1 aliphatic heterocycles. The highest BCUT2D eigenvalue weighted by Gasteiger charge is 2.47. The van der Waals surface area contributed by atoms with Crippen LogP contribution in [-0.4, -0.2) is 49.4 Å². The van der Waals surface area contributed by atoms with Gasteiger partial charge < -0.3 is 24.9 Å². The summed E-state index contributed by atoms with van der Waals surface area (Å²) < 4.78 is 15.6. The standard InChI is InChI=1S/C9H17N2O7P/c1-3-7(18-5-19(15,16)17)9(13)10-4-6(2)8(12)11(9)14/h4,7,10,13-14H,3,5H2,1-2H3,(H2,15,16,17)/t7?,9-/m0/s1. The zero-order valence-electron chi connectivity index (χ0n) is 10.5. The average molecular weight is 296 g/mol. The third-order valence-electron chi connectivity index (χ3n) is 2.62. The van der Waals surface area contributed by atoms with Crippen LogP contribution in [0.3, 0.4) is 0 Å². The Morgan fingerprint density at radius 3 is 2.63 bits per heavy atom. The van der Waals surface area contributed by atoms with Crippen LogP contribution in [0.4, 0.5) is 0 Å². The maximum atomic E-state index is 11.6. The van der Waals surface area contributed by atoms with E-state index in [9.17, 15) is 19.7 Å². The molecule has 0 spiro atoms. The van der Waals surface area contributed by atoms with E-state index in [0.29, 0.717) is 0 Å². The van der Waals surface area contributed by atoms with E-state index in [0.717, 1.165) is 0 Å². The van der Waals surface area contributed by atoms with Crippen molar-refractivity contribution in [2.24, 2.45) is 0 Å². The molecule has 19 heavy (non-hydrogen) atoms. The number of amides is 1. The van der Waals surface area contributed by atoms with E-state index in [2.05, 4.69) is 5.32 Å². The lowest BCUT2D eigenvalue weighted by Gasteiger charge is -2.42. The van der Waals surface area contributed by atoms with Gasteiger partial charge in [-0.25, -0.2) is 0 Å². The summed E-state index contributed by atoms with van der Waals surface area (Å²) in [6.07, 6.45) is -0.863. The summed E-state index contributed by atoms with van der Waals surface area (Å²) >= 11 is 0. The number of carbonyl (C=O) groups excluding carboxylic acids is 1. The Hall–Kier alpha value is -0.960. The Balaban J connectivity index is 2.91. The van der Waals surface area contributed by atoms with E-state index in [-0.39, 0.29) is 17.1 Å². The van der Waals surface area contributed by atoms with Crippen LogP contribution in [0, 0.1) is 0 Å². The van der Waals surface area contributed by atoms with E-state index >= 15 is 0 Å². The number of rotatable bonds is 5. The molecule has 0 aromatic carbocycles. The van der Waals surface area contributed by atoms with Gasteiger partial charge in [0.2, 0.25) is 0 Å². The molecule has 0 fully saturated rings. The molecule has 0 bridgehead atoms. The first-order chi connectivity index (χ1) is 8.62. The van der Waals surface area contributed by atoms with Crippen molar-refractivity contribution in [1.29, 1.82) is 0 Å². The van der Waals surface area contributed by atoms with Gasteiger partial charge in [-0.1, -0.05) is 6.92 Å². The molecule has 1 rings (SSSR count). The van der Waals surface area contributed by atoms with E-state index in [1.807, 2.05) is 0 Å². The molecule has 5 N–H and O–H groups in total. The summed E-state index contributed by atoms with van der Waals surface area (Å²) in [6, 6.07) is 0. The van der Waals surface area contributed by atoms with Crippen molar-refractivity contribution >= 4 is 13.5 Å². The van der Waals surface area contributed by atoms with Crippen molar-refractivity contribution in [3.8, 4) is 0 Å². The van der Waals surface area contributed by atoms with Crippen molar-refractivity contribution in [2.45, 2.75) is 32.2 Å². The van der Waals surface area contributed by atoms with Crippen LogP contribution in [0.5, 0.6) is 0 Å². The van der Waals surface area contributed by atoms with Crippen LogP contribution in [0.25, 0.3) is 0 Å². The van der Waals surface area contributed by atoms with Crippen LogP contribution >= 0.6 is 7.60 Å². The highest BCUT2D eigenvalue weighted by atomic mass is 31.2. The minimum absolute atomic E-state index is 0.0518. The molecule has 1 heterocycles. The Morgan fingerprint density at radius 1 is 1.58 bits per heavy atom. The smallest absolute Gasteiger partial charge is 0.350 e. The summed E-state index contributed by atoms with van der Waals surface area (Å²) in [5.41, 5.74) is 0.164. The highest BCUT2D eigenvalue weighted by Crippen LogP contribution is 2.36. The van der Waals surface area contributed by atoms with E-state index < -0.39 is 31.8 Å². The molecule has 1 amide bonds. The SMILES string of the molecule is CCC(OCP(=O)(O)O)[C@]1(O)NC=C(C)C(=O)N1O. The van der Waals surface area contributed by atoms with Gasteiger partial charge in [0.25, 0.3) is 11.8 Å². The fraction of sp³-hybridized carbons (Fsp3) is 0.667. The summed E-state index contributed by atoms with van der Waals surface area (Å²) in [5.74, 6) is -3.11. The molecule has 1 aliphatic rings. The first kappa shape index (κ1) is 16.1. The monoisotopic (exact) mass is 296 g/mol. The lowest BCUT2D eigenvalue weighted by molar-refractivity contribution is -0.297. The van der Waals surface area contributed by atoms with Crippen molar-refractivity contribution in [3.05, 3.63) is 11.8 Å². The number of carbonyl (C=O) groups is 1. The summed E-state index contributed by atoms with van der Waals surface area (Å²) in [5, 5.41) is 22.3. The van der Waals surface area contributed by atoms with Crippen molar-refractivity contribution in [2.75, 3.05) is 6.35 Å². The van der Waals surface area contributed by atoms with Crippen LogP contribution in [0.15, 0.2) is 11.8 Å². The third-order valence-corrected chi connectivity index (χ3v) is 3.10. The molecule has 1 unspecified atom stereocenters. The van der Waals surface area contributed by atoms with Gasteiger partial charge in [-0.2, -0.15) is 5.06 Å². The third kappa shape index (κ3) is 3.53. The maximum absolute atomic E-state index is 11.6. The molecular weight excluding hydrogens is 279 g/mol. The molecule has 0 aliphatic carbocycles. The summed E-state index contributed by atoms with van der Waals surface area (Å²) in [7, 11) is -4.42. The molecular formula is C9H17N2O7P. The second-order valence-corrected chi connectivity index (χ2v) is 5.76. The Morgan fingerprint density at radius 2 is 2.16 bits per heavy atom. The van der Waals surface area contributed by atoms with E-state index in [1.54, 1.807) is 6.92 Å². The number of hydrogen-bond acceptors (Lipinski definition) is 6. The van der Waals surface area contributed by atoms with Crippen LogP contribution in [0.1, 0.15) is 20.3 Å². The number of nitrogens with one attached hydrogen (secondary N) is 1. The number of aliphatic hydroxyl groups is 1. The maximum Gasteiger partial charge on any atom is 0.350 e. The van der Waals surface area contributed by atoms with E-state index in [4.69, 9.17) is 14.5 Å². The number of nitrogens with zero attached hydrogens (tertiary/aromatic N) is 1. The molecule has 2 atom stereocenters. The van der Waals surface area contributed by atoms with Gasteiger partial charge in [0.1, 0.15) is 12.5 Å². The lowest BCUT2D eigenvalue weighted by atomic mass is 10.1. The lowest BCUT2D eigenvalue weighted by Crippen LogP contribution is -2.67. The molecule has 0 radical (unpaired) electrons. The number of hydroxylamine groups is 2. The number of ether oxygens (including phenoxy) is 1. The van der Waals surface area contributed by atoms with Crippen molar-refractivity contribution in [3.63, 3.8) is 0 Å². The predicted octanol–water partition coefficient (Wildman–Crippen LogP) is -0.712. The Bertz CT molecular complexity index is 434. The molecule has 9 nitrogen and oxygen atoms in total. The van der Waals surface area contributed by atoms with Crippen LogP contribution < -0.4 is 5.32 Å². The molecule has 0 saturated carbocycles. The fourth-order valence-corrected chi connectivity index (χ4v) is 1.97. The molecule has 0 aromatic rings. The first-order valence-corrected chi connectivity index (χ1v) is 7.28. The second-order valence-electron chi connectivity index (χ2n) is 4.17. The Kier molecular flexibility index (Phi) is 4.72. The van der Waals surface area contributed by atoms with Gasteiger partial charge in [-0.3, -0.25) is 14.6 Å². The second kappa shape index (κ2) is 5.58. The molecule has 10 heteroatoms. The predicted molar refractivity (Wildman–Crippen MR) is 62.6 cm³/mol. The zero-order valence-corrected chi connectivity index (χ0v) is 11.4. The minimum atomic E-state index is -4.42. The van der Waals surface area contributed by atoms with Gasteiger partial charge in [0.15, 0.2) is 0 Å². The average Bonchev–Trinajstić information content (AvgIpc) is 2.31. The van der Waals surface area contributed by atoms with Crippen molar-refractivity contribution in [1.82, 2.24) is 10.4 Å². The van der Waals surface area contributed by atoms with Crippen LogP contribution in [0.2, 0.25) is 0 Å². The minimum Gasteiger partial charge on any atom is -0.358 e. The highest BCUT2D eigenvalue weighted by molar-refractivity contribution is 7.51. The molecule has 110 valence electrons. The Labute approximate surface area is 109 Å². The van der Waals surface area contributed by atoms with E-state index in [1.165, 1.54) is 13.1 Å². The van der Waals surface area contributed by atoms with Gasteiger partial charge >= 0.3 is 7.60 Å². The van der Waals surface area contributed by atoms with Crippen LogP contribution in [-0.2, 0) is 14.1 Å². The summed E-state index contributed by atoms with van der Waals surface area (Å²) in [6.45, 7) is 2.99. The number of hydrogen-bond donors (Lipinski definition) is 5.